The van der Waals surface area contributed by atoms with E-state index in [1.54, 1.807) is 7.11 Å². The van der Waals surface area contributed by atoms with Crippen molar-refractivity contribution < 1.29 is 14.2 Å². The molecule has 0 atom stereocenters. The molecule has 1 fully saturated rings. The molecule has 3 rings (SSSR count). The van der Waals surface area contributed by atoms with Crippen molar-refractivity contribution in [1.29, 1.82) is 0 Å². The molecule has 1 aliphatic rings. The predicted octanol–water partition coefficient (Wildman–Crippen LogP) is 4.36. The lowest BCUT2D eigenvalue weighted by Crippen LogP contribution is -2.46. The smallest absolute Gasteiger partial charge is 0.161 e. The van der Waals surface area contributed by atoms with E-state index in [1.807, 2.05) is 37.3 Å². The van der Waals surface area contributed by atoms with Crippen LogP contribution in [0.1, 0.15) is 18.1 Å². The van der Waals surface area contributed by atoms with Crippen molar-refractivity contribution in [2.75, 3.05) is 59.7 Å². The maximum absolute atomic E-state index is 5.83. The van der Waals surface area contributed by atoms with Crippen LogP contribution in [0.15, 0.2) is 54.6 Å². The number of piperazine rings is 1. The molecule has 0 N–H and O–H groups in total. The lowest BCUT2D eigenvalue weighted by atomic mass is 10.2. The average molecular weight is 447 g/mol. The molecule has 31 heavy (non-hydrogen) atoms. The first-order valence-electron chi connectivity index (χ1n) is 10.8. The van der Waals surface area contributed by atoms with Gasteiger partial charge in [0.05, 0.1) is 20.3 Å². The largest absolute Gasteiger partial charge is 0.493 e. The Morgan fingerprint density at radius 1 is 0.871 bits per heavy atom. The van der Waals surface area contributed by atoms with Crippen molar-refractivity contribution in [3.8, 4) is 11.5 Å². The summed E-state index contributed by atoms with van der Waals surface area (Å²) in [6, 6.07) is 16.7. The number of benzene rings is 2. The van der Waals surface area contributed by atoms with Crippen molar-refractivity contribution in [2.24, 2.45) is 0 Å². The molecular weight excluding hydrogens is 412 g/mol. The summed E-state index contributed by atoms with van der Waals surface area (Å²) in [5.74, 6) is 1.50. The highest BCUT2D eigenvalue weighted by molar-refractivity contribution is 5.85. The topological polar surface area (TPSA) is 34.2 Å². The fourth-order valence-electron chi connectivity index (χ4n) is 3.62. The second kappa shape index (κ2) is 14.1. The molecule has 6 heteroatoms. The molecule has 1 aliphatic heterocycles. The van der Waals surface area contributed by atoms with Gasteiger partial charge in [-0.1, -0.05) is 48.6 Å². The van der Waals surface area contributed by atoms with Crippen LogP contribution in [0.2, 0.25) is 0 Å². The number of rotatable bonds is 11. The van der Waals surface area contributed by atoms with Crippen molar-refractivity contribution >= 4 is 18.5 Å². The molecule has 1 heterocycles. The Labute approximate surface area is 193 Å². The summed E-state index contributed by atoms with van der Waals surface area (Å²) in [5.41, 5.74) is 2.49. The molecule has 0 bridgehead atoms. The maximum Gasteiger partial charge on any atom is 0.161 e. The zero-order valence-corrected chi connectivity index (χ0v) is 19.5. The number of nitrogens with zero attached hydrogens (tertiary/aromatic N) is 2. The Hall–Kier alpha value is -2.05. The van der Waals surface area contributed by atoms with Gasteiger partial charge in [-0.2, -0.15) is 0 Å². The minimum Gasteiger partial charge on any atom is -0.493 e. The predicted molar refractivity (Wildman–Crippen MR) is 129 cm³/mol. The highest BCUT2D eigenvalue weighted by Gasteiger charge is 2.16. The molecule has 0 spiro atoms. The van der Waals surface area contributed by atoms with Crippen LogP contribution in [-0.4, -0.2) is 69.5 Å². The van der Waals surface area contributed by atoms with E-state index in [0.717, 1.165) is 62.9 Å². The van der Waals surface area contributed by atoms with Crippen LogP contribution in [0.4, 0.5) is 0 Å². The van der Waals surface area contributed by atoms with E-state index in [0.29, 0.717) is 13.2 Å². The monoisotopic (exact) mass is 446 g/mol. The van der Waals surface area contributed by atoms with Crippen LogP contribution in [0, 0.1) is 0 Å². The first-order chi connectivity index (χ1) is 14.8. The van der Waals surface area contributed by atoms with Crippen LogP contribution in [0.25, 0.3) is 6.08 Å². The van der Waals surface area contributed by atoms with Crippen LogP contribution in [0.3, 0.4) is 0 Å². The van der Waals surface area contributed by atoms with E-state index < -0.39 is 0 Å². The zero-order valence-electron chi connectivity index (χ0n) is 18.7. The average Bonchev–Trinajstić information content (AvgIpc) is 2.79. The third-order valence-corrected chi connectivity index (χ3v) is 5.30. The van der Waals surface area contributed by atoms with Gasteiger partial charge in [-0.05, 0) is 30.2 Å². The van der Waals surface area contributed by atoms with E-state index in [4.69, 9.17) is 14.2 Å². The fourth-order valence-corrected chi connectivity index (χ4v) is 3.62. The van der Waals surface area contributed by atoms with Crippen molar-refractivity contribution in [1.82, 2.24) is 9.80 Å². The van der Waals surface area contributed by atoms with E-state index >= 15 is 0 Å². The molecule has 0 aromatic heterocycles. The molecule has 0 saturated carbocycles. The van der Waals surface area contributed by atoms with E-state index in [9.17, 15) is 0 Å². The zero-order chi connectivity index (χ0) is 21.0. The maximum atomic E-state index is 5.83. The van der Waals surface area contributed by atoms with Crippen LogP contribution in [-0.2, 0) is 11.3 Å². The third kappa shape index (κ3) is 8.54. The van der Waals surface area contributed by atoms with Gasteiger partial charge in [0.25, 0.3) is 0 Å². The minimum absolute atomic E-state index is 0. The van der Waals surface area contributed by atoms with Gasteiger partial charge in [0.1, 0.15) is 6.61 Å². The van der Waals surface area contributed by atoms with Crippen LogP contribution >= 0.6 is 12.4 Å². The molecule has 5 nitrogen and oxygen atoms in total. The molecule has 2 aromatic rings. The lowest BCUT2D eigenvalue weighted by Gasteiger charge is -2.34. The van der Waals surface area contributed by atoms with Crippen molar-refractivity contribution in [3.63, 3.8) is 0 Å². The van der Waals surface area contributed by atoms with E-state index in [1.165, 1.54) is 5.56 Å². The summed E-state index contributed by atoms with van der Waals surface area (Å²) < 4.78 is 17.0. The molecule has 0 unspecified atom stereocenters. The highest BCUT2D eigenvalue weighted by atomic mass is 35.5. The van der Waals surface area contributed by atoms with Gasteiger partial charge in [-0.25, -0.2) is 0 Å². The molecule has 0 aliphatic carbocycles. The molecule has 1 saturated heterocycles. The first kappa shape index (κ1) is 25.2. The fraction of sp³-hybridized carbons (Fsp3) is 0.440. The van der Waals surface area contributed by atoms with Gasteiger partial charge in [-0.15, -0.1) is 12.4 Å². The molecule has 0 radical (unpaired) electrons. The van der Waals surface area contributed by atoms with Crippen LogP contribution < -0.4 is 9.47 Å². The number of halogens is 1. The number of hydrogen-bond donors (Lipinski definition) is 0. The molecule has 2 aromatic carbocycles. The summed E-state index contributed by atoms with van der Waals surface area (Å²) in [6.07, 6.45) is 4.04. The number of allylic oxidation sites excluding steroid dienone is 1. The van der Waals surface area contributed by atoms with E-state index in [2.05, 4.69) is 40.1 Å². The Morgan fingerprint density at radius 3 is 2.32 bits per heavy atom. The summed E-state index contributed by atoms with van der Waals surface area (Å²) in [7, 11) is 1.66. The Kier molecular flexibility index (Phi) is 11.5. The second-order valence-electron chi connectivity index (χ2n) is 7.47. The Balaban J connectivity index is 0.00000341. The van der Waals surface area contributed by atoms with E-state index in [-0.39, 0.29) is 12.4 Å². The normalized spacial score (nSPS) is 15.0. The number of methoxy groups -OCH3 is 1. The standard InChI is InChI=1S/C25H34N2O3.ClH/c1-3-7-22-10-11-24(25(20-22)28-2)30-19-18-29-17-16-26-12-14-27(15-13-26)21-23-8-5-4-6-9-23;/h3-11,20H,12-19,21H2,1-2H3;1H. The third-order valence-electron chi connectivity index (χ3n) is 5.30. The van der Waals surface area contributed by atoms with Gasteiger partial charge in [0.15, 0.2) is 11.5 Å². The second-order valence-corrected chi connectivity index (χ2v) is 7.47. The highest BCUT2D eigenvalue weighted by Crippen LogP contribution is 2.28. The molecule has 170 valence electrons. The quantitative estimate of drug-likeness (QED) is 0.479. The molecule has 0 amide bonds. The SMILES string of the molecule is CC=Cc1ccc(OCCOCCN2CCN(Cc3ccccc3)CC2)c(OC)c1.Cl. The van der Waals surface area contributed by atoms with Gasteiger partial charge in [0, 0.05) is 39.3 Å². The lowest BCUT2D eigenvalue weighted by molar-refractivity contribution is 0.0598. The number of hydrogen-bond acceptors (Lipinski definition) is 5. The van der Waals surface area contributed by atoms with Crippen molar-refractivity contribution in [2.45, 2.75) is 13.5 Å². The van der Waals surface area contributed by atoms with Gasteiger partial charge in [-0.3, -0.25) is 9.80 Å². The van der Waals surface area contributed by atoms with Crippen LogP contribution in [0.5, 0.6) is 11.5 Å². The van der Waals surface area contributed by atoms with Gasteiger partial charge in [0.2, 0.25) is 0 Å². The van der Waals surface area contributed by atoms with Gasteiger partial charge < -0.3 is 14.2 Å². The summed E-state index contributed by atoms with van der Waals surface area (Å²) in [6.45, 7) is 10.3. The summed E-state index contributed by atoms with van der Waals surface area (Å²) in [5, 5.41) is 0. The Bertz CT molecular complexity index is 778. The van der Waals surface area contributed by atoms with Crippen molar-refractivity contribution in [3.05, 3.63) is 65.7 Å². The first-order valence-corrected chi connectivity index (χ1v) is 10.8. The molecular formula is C25H35ClN2O3. The summed E-state index contributed by atoms with van der Waals surface area (Å²) in [4.78, 5) is 5.00. The summed E-state index contributed by atoms with van der Waals surface area (Å²) >= 11 is 0. The van der Waals surface area contributed by atoms with Gasteiger partial charge >= 0.3 is 0 Å². The number of ether oxygens (including phenoxy) is 3. The Morgan fingerprint density at radius 2 is 1.61 bits per heavy atom. The minimum atomic E-state index is 0.